The monoisotopic (exact) mass is 483 g/mol. The largest absolute Gasteiger partial charge is 0.439 e. The molecule has 33 heavy (non-hydrogen) atoms. The highest BCUT2D eigenvalue weighted by molar-refractivity contribution is 7.89. The summed E-state index contributed by atoms with van der Waals surface area (Å²) in [4.78, 5) is 4.11. The minimum Gasteiger partial charge on any atom is -0.439 e. The Kier molecular flexibility index (Phi) is 6.28. The third kappa shape index (κ3) is 5.61. The molecule has 4 rings (SSSR count). The quantitative estimate of drug-likeness (QED) is 0.546. The van der Waals surface area contributed by atoms with Gasteiger partial charge in [-0.2, -0.15) is 18.3 Å². The van der Waals surface area contributed by atoms with Crippen molar-refractivity contribution in [2.24, 2.45) is 5.14 Å². The number of alkyl halides is 3. The maximum atomic E-state index is 13.3. The molecule has 1 aliphatic rings. The molecule has 0 aliphatic carbocycles. The molecule has 1 saturated heterocycles. The first-order valence-electron chi connectivity index (χ1n) is 9.88. The van der Waals surface area contributed by atoms with E-state index in [1.807, 2.05) is 0 Å². The summed E-state index contributed by atoms with van der Waals surface area (Å²) in [5, 5.41) is 11.8. The van der Waals surface area contributed by atoms with E-state index in [9.17, 15) is 21.6 Å². The lowest BCUT2D eigenvalue weighted by Gasteiger charge is -2.23. The van der Waals surface area contributed by atoms with Gasteiger partial charge in [0.2, 0.25) is 15.9 Å². The highest BCUT2D eigenvalue weighted by Crippen LogP contribution is 2.36. The molecule has 3 heterocycles. The summed E-state index contributed by atoms with van der Waals surface area (Å²) in [5.74, 6) is 0.545. The fourth-order valence-electron chi connectivity index (χ4n) is 3.32. The van der Waals surface area contributed by atoms with Crippen LogP contribution in [0.25, 0.3) is 0 Å². The van der Waals surface area contributed by atoms with E-state index < -0.39 is 21.9 Å². The molecule has 0 unspecified atom stereocenters. The van der Waals surface area contributed by atoms with Crippen LogP contribution in [0, 0.1) is 0 Å². The van der Waals surface area contributed by atoms with Crippen LogP contribution in [0.3, 0.4) is 0 Å². The summed E-state index contributed by atoms with van der Waals surface area (Å²) in [5.41, 5.74) is -0.509. The van der Waals surface area contributed by atoms with Crippen LogP contribution in [0.4, 0.5) is 24.7 Å². The van der Waals surface area contributed by atoms with E-state index in [0.29, 0.717) is 37.6 Å². The zero-order chi connectivity index (χ0) is 23.6. The standard InChI is InChI=1S/C20H20F3N5O4S/c21-20(22,23)17-12-19(28(27-17)14-6-9-31-10-7-14)32-15-5-8-25-18(11-15)26-13-1-3-16(4-2-13)33(24,29)30/h1-5,8,11-12,14H,6-7,9-10H2,(H,25,26)(H2,24,29,30). The third-order valence-electron chi connectivity index (χ3n) is 4.94. The number of anilines is 2. The molecule has 0 saturated carbocycles. The van der Waals surface area contributed by atoms with Gasteiger partial charge in [0.1, 0.15) is 11.6 Å². The Labute approximate surface area is 187 Å². The number of primary sulfonamides is 1. The van der Waals surface area contributed by atoms with Crippen molar-refractivity contribution in [3.63, 3.8) is 0 Å². The summed E-state index contributed by atoms with van der Waals surface area (Å²) < 4.78 is 74.9. The topological polar surface area (TPSA) is 121 Å². The van der Waals surface area contributed by atoms with Gasteiger partial charge in [-0.15, -0.1) is 0 Å². The number of pyridine rings is 1. The normalized spacial score (nSPS) is 15.4. The zero-order valence-corrected chi connectivity index (χ0v) is 17.9. The third-order valence-corrected chi connectivity index (χ3v) is 5.87. The van der Waals surface area contributed by atoms with Gasteiger partial charge < -0.3 is 14.8 Å². The van der Waals surface area contributed by atoms with E-state index in [1.165, 1.54) is 47.3 Å². The Hall–Kier alpha value is -3.16. The minimum absolute atomic E-state index is 0.0381. The molecule has 1 fully saturated rings. The van der Waals surface area contributed by atoms with Gasteiger partial charge in [-0.25, -0.2) is 23.2 Å². The molecule has 0 radical (unpaired) electrons. The summed E-state index contributed by atoms with van der Waals surface area (Å²) >= 11 is 0. The van der Waals surface area contributed by atoms with Gasteiger partial charge in [0.25, 0.3) is 0 Å². The Morgan fingerprint density at radius 3 is 2.45 bits per heavy atom. The number of nitrogens with two attached hydrogens (primary N) is 1. The van der Waals surface area contributed by atoms with Gasteiger partial charge in [0.15, 0.2) is 5.69 Å². The number of hydrogen-bond donors (Lipinski definition) is 2. The molecule has 2 aromatic heterocycles. The summed E-state index contributed by atoms with van der Waals surface area (Å²) in [7, 11) is -3.82. The van der Waals surface area contributed by atoms with E-state index in [2.05, 4.69) is 15.4 Å². The second-order valence-corrected chi connectivity index (χ2v) is 8.89. The fourth-order valence-corrected chi connectivity index (χ4v) is 3.84. The number of nitrogens with zero attached hydrogens (tertiary/aromatic N) is 3. The van der Waals surface area contributed by atoms with Gasteiger partial charge in [0.05, 0.1) is 10.9 Å². The SMILES string of the molecule is NS(=O)(=O)c1ccc(Nc2cc(Oc3cc(C(F)(F)F)nn3C3CCOCC3)ccn2)cc1. The second kappa shape index (κ2) is 9.00. The van der Waals surface area contributed by atoms with Gasteiger partial charge in [-0.05, 0) is 43.2 Å². The van der Waals surface area contributed by atoms with Crippen molar-refractivity contribution >= 4 is 21.5 Å². The summed E-state index contributed by atoms with van der Waals surface area (Å²) in [6, 6.07) is 9.28. The van der Waals surface area contributed by atoms with Crippen molar-refractivity contribution < 1.29 is 31.1 Å². The van der Waals surface area contributed by atoms with Crippen molar-refractivity contribution in [3.05, 3.63) is 54.4 Å². The molecule has 0 amide bonds. The van der Waals surface area contributed by atoms with Crippen LogP contribution in [0.2, 0.25) is 0 Å². The smallest absolute Gasteiger partial charge is 0.435 e. The van der Waals surface area contributed by atoms with Gasteiger partial charge in [-0.1, -0.05) is 0 Å². The number of hydrogen-bond acceptors (Lipinski definition) is 7. The van der Waals surface area contributed by atoms with Crippen LogP contribution in [-0.2, 0) is 20.9 Å². The van der Waals surface area contributed by atoms with Crippen molar-refractivity contribution in [2.45, 2.75) is 30.0 Å². The minimum atomic E-state index is -4.61. The Bertz CT molecular complexity index is 1220. The average Bonchev–Trinajstić information content (AvgIpc) is 3.19. The predicted octanol–water partition coefficient (Wildman–Crippen LogP) is 3.83. The van der Waals surface area contributed by atoms with Crippen LogP contribution in [0.1, 0.15) is 24.6 Å². The molecule has 1 aliphatic heterocycles. The average molecular weight is 483 g/mol. The molecule has 9 nitrogen and oxygen atoms in total. The highest BCUT2D eigenvalue weighted by Gasteiger charge is 2.36. The molecule has 0 bridgehead atoms. The van der Waals surface area contributed by atoms with Crippen LogP contribution in [0.5, 0.6) is 11.6 Å². The number of nitrogens with one attached hydrogen (secondary N) is 1. The first-order chi connectivity index (χ1) is 15.6. The van der Waals surface area contributed by atoms with Crippen molar-refractivity contribution in [3.8, 4) is 11.6 Å². The van der Waals surface area contributed by atoms with Crippen LogP contribution >= 0.6 is 0 Å². The molecule has 3 N–H and O–H groups in total. The van der Waals surface area contributed by atoms with Crippen LogP contribution < -0.4 is 15.2 Å². The predicted molar refractivity (Wildman–Crippen MR) is 112 cm³/mol. The lowest BCUT2D eigenvalue weighted by atomic mass is 10.1. The Morgan fingerprint density at radius 1 is 1.12 bits per heavy atom. The molecule has 0 spiro atoms. The van der Waals surface area contributed by atoms with E-state index >= 15 is 0 Å². The maximum Gasteiger partial charge on any atom is 0.435 e. The summed E-state index contributed by atoms with van der Waals surface area (Å²) in [6.45, 7) is 0.859. The number of benzene rings is 1. The van der Waals surface area contributed by atoms with E-state index in [1.54, 1.807) is 0 Å². The first-order valence-corrected chi connectivity index (χ1v) is 11.4. The number of sulfonamides is 1. The highest BCUT2D eigenvalue weighted by atomic mass is 32.2. The lowest BCUT2D eigenvalue weighted by Crippen LogP contribution is -2.21. The van der Waals surface area contributed by atoms with E-state index in [-0.39, 0.29) is 22.6 Å². The molecular weight excluding hydrogens is 463 g/mol. The first kappa shape index (κ1) is 23.0. The molecule has 13 heteroatoms. The van der Waals surface area contributed by atoms with Crippen molar-refractivity contribution in [1.29, 1.82) is 0 Å². The molecular formula is C20H20F3N5O4S. The Morgan fingerprint density at radius 2 is 1.82 bits per heavy atom. The summed E-state index contributed by atoms with van der Waals surface area (Å²) in [6.07, 6.45) is -2.14. The fraction of sp³-hybridized carbons (Fsp3) is 0.300. The number of rotatable bonds is 6. The number of halogens is 3. The maximum absolute atomic E-state index is 13.3. The number of ether oxygens (including phenoxy) is 2. The molecule has 176 valence electrons. The zero-order valence-electron chi connectivity index (χ0n) is 17.1. The van der Waals surface area contributed by atoms with Crippen LogP contribution in [-0.4, -0.2) is 36.4 Å². The molecule has 1 aromatic carbocycles. The lowest BCUT2D eigenvalue weighted by molar-refractivity contribution is -0.141. The van der Waals surface area contributed by atoms with Gasteiger partial charge in [-0.3, -0.25) is 0 Å². The molecule has 0 atom stereocenters. The van der Waals surface area contributed by atoms with E-state index in [0.717, 1.165) is 6.07 Å². The Balaban J connectivity index is 1.56. The molecule has 3 aromatic rings. The number of aromatic nitrogens is 3. The van der Waals surface area contributed by atoms with Gasteiger partial charge >= 0.3 is 6.18 Å². The second-order valence-electron chi connectivity index (χ2n) is 7.33. The van der Waals surface area contributed by atoms with Crippen LogP contribution in [0.15, 0.2) is 53.6 Å². The van der Waals surface area contributed by atoms with E-state index in [4.69, 9.17) is 14.6 Å². The van der Waals surface area contributed by atoms with Crippen molar-refractivity contribution in [1.82, 2.24) is 14.8 Å². The van der Waals surface area contributed by atoms with Gasteiger partial charge in [0, 0.05) is 37.2 Å². The van der Waals surface area contributed by atoms with Crippen molar-refractivity contribution in [2.75, 3.05) is 18.5 Å².